The maximum Gasteiger partial charge on any atom is 0.407 e. The lowest BCUT2D eigenvalue weighted by atomic mass is 10.1. The smallest absolute Gasteiger partial charge is 0.407 e. The Morgan fingerprint density at radius 2 is 1.44 bits per heavy atom. The summed E-state index contributed by atoms with van der Waals surface area (Å²) in [6.07, 6.45) is -1.63. The van der Waals surface area contributed by atoms with Crippen molar-refractivity contribution in [3.05, 3.63) is 71.3 Å². The summed E-state index contributed by atoms with van der Waals surface area (Å²) in [5.41, 5.74) is 2.22. The first-order valence-electron chi connectivity index (χ1n) is 8.32. The fourth-order valence-electron chi connectivity index (χ4n) is 2.20. The summed E-state index contributed by atoms with van der Waals surface area (Å²) in [7, 11) is 0. The predicted octanol–water partition coefficient (Wildman–Crippen LogP) is 3.24. The molecule has 0 aliphatic heterocycles. The largest absolute Gasteiger partial charge is 0.445 e. The van der Waals surface area contributed by atoms with Crippen molar-refractivity contribution in [2.45, 2.75) is 33.3 Å². The van der Waals surface area contributed by atoms with E-state index < -0.39 is 24.3 Å². The molecule has 0 saturated heterocycles. The van der Waals surface area contributed by atoms with E-state index in [4.69, 9.17) is 14.2 Å². The van der Waals surface area contributed by atoms with E-state index >= 15 is 0 Å². The molecule has 1 N–H and O–H groups in total. The molecule has 7 heteroatoms. The van der Waals surface area contributed by atoms with Gasteiger partial charge in [0.05, 0.1) is 0 Å². The third kappa shape index (κ3) is 7.19. The van der Waals surface area contributed by atoms with E-state index in [0.717, 1.165) is 11.1 Å². The van der Waals surface area contributed by atoms with Crippen LogP contribution in [0.1, 0.15) is 36.8 Å². The Labute approximate surface area is 157 Å². The molecule has 0 heterocycles. The van der Waals surface area contributed by atoms with Crippen LogP contribution in [0.25, 0.3) is 0 Å². The van der Waals surface area contributed by atoms with Gasteiger partial charge in [-0.15, -0.1) is 0 Å². The number of esters is 2. The van der Waals surface area contributed by atoms with E-state index in [9.17, 15) is 14.4 Å². The van der Waals surface area contributed by atoms with Crippen molar-refractivity contribution in [1.29, 1.82) is 0 Å². The average Bonchev–Trinajstić information content (AvgIpc) is 2.65. The number of carbonyl (C=O) groups excluding carboxylic acids is 3. The van der Waals surface area contributed by atoms with Gasteiger partial charge in [-0.1, -0.05) is 54.6 Å². The third-order valence-electron chi connectivity index (χ3n) is 3.45. The Morgan fingerprint density at radius 3 is 2.00 bits per heavy atom. The second-order valence-electron chi connectivity index (χ2n) is 5.71. The van der Waals surface area contributed by atoms with Crippen molar-refractivity contribution in [2.75, 3.05) is 0 Å². The molecular weight excluding hydrogens is 350 g/mol. The Balaban J connectivity index is 1.85. The molecule has 7 nitrogen and oxygen atoms in total. The highest BCUT2D eigenvalue weighted by Gasteiger charge is 2.17. The summed E-state index contributed by atoms with van der Waals surface area (Å²) in [6.45, 7) is 2.92. The Morgan fingerprint density at radius 1 is 0.852 bits per heavy atom. The summed E-state index contributed by atoms with van der Waals surface area (Å²) >= 11 is 0. The molecule has 2 aromatic rings. The summed E-state index contributed by atoms with van der Waals surface area (Å²) < 4.78 is 15.1. The molecular formula is C20H21NO6. The van der Waals surface area contributed by atoms with Crippen molar-refractivity contribution < 1.29 is 28.6 Å². The van der Waals surface area contributed by atoms with Gasteiger partial charge in [0, 0.05) is 26.0 Å². The standard InChI is InChI=1S/C20H21NO6/c1-14(22)26-19(27-15(2)23)18-10-8-16(9-11-18)12-21-20(24)25-13-17-6-4-3-5-7-17/h3-11,19H,12-13H2,1-2H3,(H,21,24). The normalized spacial score (nSPS) is 10.2. The predicted molar refractivity (Wildman–Crippen MR) is 96.2 cm³/mol. The van der Waals surface area contributed by atoms with Crippen LogP contribution < -0.4 is 5.32 Å². The molecule has 27 heavy (non-hydrogen) atoms. The van der Waals surface area contributed by atoms with Gasteiger partial charge in [-0.25, -0.2) is 4.79 Å². The molecule has 0 atom stereocenters. The van der Waals surface area contributed by atoms with Gasteiger partial charge in [0.2, 0.25) is 0 Å². The minimum atomic E-state index is -1.10. The number of carbonyl (C=O) groups is 3. The van der Waals surface area contributed by atoms with E-state index in [1.807, 2.05) is 30.3 Å². The number of ether oxygens (including phenoxy) is 3. The van der Waals surface area contributed by atoms with Gasteiger partial charge in [-0.05, 0) is 11.1 Å². The monoisotopic (exact) mass is 371 g/mol. The van der Waals surface area contributed by atoms with Gasteiger partial charge < -0.3 is 19.5 Å². The molecule has 142 valence electrons. The van der Waals surface area contributed by atoms with Crippen molar-refractivity contribution >= 4 is 18.0 Å². The number of alkyl carbamates (subject to hydrolysis) is 1. The van der Waals surface area contributed by atoms with Crippen LogP contribution in [0.15, 0.2) is 54.6 Å². The average molecular weight is 371 g/mol. The number of rotatable bonds is 7. The van der Waals surface area contributed by atoms with E-state index in [1.54, 1.807) is 24.3 Å². The Hall–Kier alpha value is -3.35. The van der Waals surface area contributed by atoms with E-state index in [1.165, 1.54) is 13.8 Å². The minimum absolute atomic E-state index is 0.193. The summed E-state index contributed by atoms with van der Waals surface area (Å²) in [5, 5.41) is 2.65. The van der Waals surface area contributed by atoms with Crippen LogP contribution in [0.3, 0.4) is 0 Å². The van der Waals surface area contributed by atoms with Crippen LogP contribution in [0.2, 0.25) is 0 Å². The Bertz CT molecular complexity index is 757. The zero-order chi connectivity index (χ0) is 19.6. The highest BCUT2D eigenvalue weighted by molar-refractivity contribution is 5.68. The third-order valence-corrected chi connectivity index (χ3v) is 3.45. The second kappa shape index (κ2) is 9.96. The number of benzene rings is 2. The molecule has 0 aromatic heterocycles. The number of nitrogens with one attached hydrogen (secondary N) is 1. The molecule has 2 rings (SSSR count). The zero-order valence-electron chi connectivity index (χ0n) is 15.1. The van der Waals surface area contributed by atoms with Crippen LogP contribution in [0.5, 0.6) is 0 Å². The van der Waals surface area contributed by atoms with Gasteiger partial charge in [0.25, 0.3) is 6.29 Å². The van der Waals surface area contributed by atoms with Crippen LogP contribution in [0, 0.1) is 0 Å². The van der Waals surface area contributed by atoms with Gasteiger partial charge in [0.1, 0.15) is 6.61 Å². The van der Waals surface area contributed by atoms with Crippen molar-refractivity contribution in [3.63, 3.8) is 0 Å². The summed E-state index contributed by atoms with van der Waals surface area (Å²) in [6, 6.07) is 16.1. The fraction of sp³-hybridized carbons (Fsp3) is 0.250. The van der Waals surface area contributed by atoms with Gasteiger partial charge in [0.15, 0.2) is 0 Å². The van der Waals surface area contributed by atoms with Crippen LogP contribution in [-0.2, 0) is 37.0 Å². The molecule has 0 aliphatic carbocycles. The molecule has 0 aliphatic rings. The van der Waals surface area contributed by atoms with Crippen LogP contribution >= 0.6 is 0 Å². The van der Waals surface area contributed by atoms with E-state index in [0.29, 0.717) is 5.56 Å². The van der Waals surface area contributed by atoms with E-state index in [2.05, 4.69) is 5.32 Å². The molecule has 2 aromatic carbocycles. The first kappa shape index (κ1) is 20.0. The first-order valence-corrected chi connectivity index (χ1v) is 8.32. The highest BCUT2D eigenvalue weighted by atomic mass is 16.7. The maximum atomic E-state index is 11.8. The van der Waals surface area contributed by atoms with Crippen molar-refractivity contribution in [2.24, 2.45) is 0 Å². The molecule has 0 fully saturated rings. The molecule has 0 bridgehead atoms. The zero-order valence-corrected chi connectivity index (χ0v) is 15.1. The summed E-state index contributed by atoms with van der Waals surface area (Å²) in [5.74, 6) is -1.12. The molecule has 1 amide bonds. The quantitative estimate of drug-likeness (QED) is 0.593. The molecule has 0 saturated carbocycles. The van der Waals surface area contributed by atoms with Crippen LogP contribution in [-0.4, -0.2) is 18.0 Å². The second-order valence-corrected chi connectivity index (χ2v) is 5.71. The molecule has 0 radical (unpaired) electrons. The Kier molecular flexibility index (Phi) is 7.37. The fourth-order valence-corrected chi connectivity index (χ4v) is 2.20. The summed E-state index contributed by atoms with van der Waals surface area (Å²) in [4.78, 5) is 34.0. The van der Waals surface area contributed by atoms with Crippen molar-refractivity contribution in [3.8, 4) is 0 Å². The SMILES string of the molecule is CC(=O)OC(OC(C)=O)c1ccc(CNC(=O)OCc2ccccc2)cc1. The van der Waals surface area contributed by atoms with Crippen LogP contribution in [0.4, 0.5) is 4.79 Å². The first-order chi connectivity index (χ1) is 12.9. The highest BCUT2D eigenvalue weighted by Crippen LogP contribution is 2.20. The molecule has 0 unspecified atom stereocenters. The lowest BCUT2D eigenvalue weighted by Gasteiger charge is -2.17. The minimum Gasteiger partial charge on any atom is -0.445 e. The number of amides is 1. The number of hydrogen-bond donors (Lipinski definition) is 1. The molecule has 0 spiro atoms. The van der Waals surface area contributed by atoms with E-state index in [-0.39, 0.29) is 13.2 Å². The van der Waals surface area contributed by atoms with Gasteiger partial charge >= 0.3 is 18.0 Å². The van der Waals surface area contributed by atoms with Crippen molar-refractivity contribution in [1.82, 2.24) is 5.32 Å². The maximum absolute atomic E-state index is 11.8. The van der Waals surface area contributed by atoms with Gasteiger partial charge in [-0.3, -0.25) is 9.59 Å². The lowest BCUT2D eigenvalue weighted by Crippen LogP contribution is -2.23. The van der Waals surface area contributed by atoms with Gasteiger partial charge in [-0.2, -0.15) is 0 Å². The topological polar surface area (TPSA) is 90.9 Å². The lowest BCUT2D eigenvalue weighted by molar-refractivity contribution is -0.186. The number of hydrogen-bond acceptors (Lipinski definition) is 6.